The molecule has 0 radical (unpaired) electrons. The highest BCUT2D eigenvalue weighted by molar-refractivity contribution is 7.99. The van der Waals surface area contributed by atoms with Gasteiger partial charge in [-0.15, -0.1) is 10.2 Å². The van der Waals surface area contributed by atoms with E-state index in [-0.39, 0.29) is 5.56 Å². The smallest absolute Gasteiger partial charge is 0.339 e. The van der Waals surface area contributed by atoms with Crippen LogP contribution in [-0.4, -0.2) is 45.3 Å². The molecule has 0 unspecified atom stereocenters. The van der Waals surface area contributed by atoms with E-state index in [9.17, 15) is 9.90 Å². The molecule has 29 heavy (non-hydrogen) atoms. The van der Waals surface area contributed by atoms with Gasteiger partial charge in [-0.25, -0.2) is 4.79 Å². The van der Waals surface area contributed by atoms with Gasteiger partial charge in [-0.05, 0) is 49.7 Å². The molecular formula is C21H23N3O4S. The van der Waals surface area contributed by atoms with Gasteiger partial charge in [0.15, 0.2) is 11.0 Å². The molecule has 1 heterocycles. The Morgan fingerprint density at radius 2 is 1.90 bits per heavy atom. The zero-order chi connectivity index (χ0) is 20.6. The molecule has 0 spiro atoms. The average molecular weight is 413 g/mol. The topological polar surface area (TPSA) is 86.5 Å². The zero-order valence-corrected chi connectivity index (χ0v) is 17.2. The maximum absolute atomic E-state index is 11.2. The summed E-state index contributed by atoms with van der Waals surface area (Å²) in [6.45, 7) is 3.26. The number of nitrogens with zero attached hydrogens (tertiary/aromatic N) is 3. The summed E-state index contributed by atoms with van der Waals surface area (Å²) in [5, 5.41) is 18.7. The fourth-order valence-corrected chi connectivity index (χ4v) is 3.72. The van der Waals surface area contributed by atoms with Gasteiger partial charge in [-0.3, -0.25) is 0 Å². The van der Waals surface area contributed by atoms with Crippen LogP contribution in [0.25, 0.3) is 11.4 Å². The predicted molar refractivity (Wildman–Crippen MR) is 112 cm³/mol. The molecule has 3 aromatic rings. The van der Waals surface area contributed by atoms with E-state index < -0.39 is 5.97 Å². The lowest BCUT2D eigenvalue weighted by molar-refractivity contribution is 0.0692. The summed E-state index contributed by atoms with van der Waals surface area (Å²) < 4.78 is 12.9. The Kier molecular flexibility index (Phi) is 7.13. The Hall–Kier alpha value is -3.00. The molecule has 0 amide bonds. The van der Waals surface area contributed by atoms with E-state index in [1.54, 1.807) is 37.1 Å². The predicted octanol–water partition coefficient (Wildman–Crippen LogP) is 4.23. The summed E-state index contributed by atoms with van der Waals surface area (Å²) >= 11 is 1.61. The molecule has 0 aliphatic heterocycles. The number of para-hydroxylation sites is 1. The van der Waals surface area contributed by atoms with Crippen molar-refractivity contribution in [3.8, 4) is 22.9 Å². The molecule has 0 aliphatic carbocycles. The average Bonchev–Trinajstić information content (AvgIpc) is 3.16. The fourth-order valence-electron chi connectivity index (χ4n) is 2.81. The van der Waals surface area contributed by atoms with Gasteiger partial charge in [-0.2, -0.15) is 0 Å². The van der Waals surface area contributed by atoms with Gasteiger partial charge in [0.2, 0.25) is 0 Å². The fraction of sp³-hybridized carbons (Fsp3) is 0.286. The minimum atomic E-state index is -0.989. The molecule has 0 atom stereocenters. The van der Waals surface area contributed by atoms with E-state index >= 15 is 0 Å². The third-order valence-electron chi connectivity index (χ3n) is 4.28. The lowest BCUT2D eigenvalue weighted by Crippen LogP contribution is -2.05. The van der Waals surface area contributed by atoms with E-state index in [2.05, 4.69) is 21.7 Å². The normalized spacial score (nSPS) is 10.7. The molecular weight excluding hydrogens is 390 g/mol. The Morgan fingerprint density at radius 1 is 1.14 bits per heavy atom. The summed E-state index contributed by atoms with van der Waals surface area (Å²) in [4.78, 5) is 11.2. The highest BCUT2D eigenvalue weighted by atomic mass is 32.2. The Morgan fingerprint density at radius 3 is 2.59 bits per heavy atom. The lowest BCUT2D eigenvalue weighted by Gasteiger charge is -2.09. The van der Waals surface area contributed by atoms with Gasteiger partial charge in [0.25, 0.3) is 0 Å². The summed E-state index contributed by atoms with van der Waals surface area (Å²) in [5.74, 6) is 1.82. The Labute approximate surface area is 173 Å². The summed E-state index contributed by atoms with van der Waals surface area (Å²) in [5.41, 5.74) is 1.16. The van der Waals surface area contributed by atoms with E-state index in [1.165, 1.54) is 6.07 Å². The third kappa shape index (κ3) is 5.08. The van der Waals surface area contributed by atoms with Crippen LogP contribution in [-0.2, 0) is 6.54 Å². The zero-order valence-electron chi connectivity index (χ0n) is 16.4. The molecule has 1 N–H and O–H groups in total. The van der Waals surface area contributed by atoms with Crippen LogP contribution in [0.1, 0.15) is 23.7 Å². The van der Waals surface area contributed by atoms with Crippen LogP contribution < -0.4 is 9.47 Å². The van der Waals surface area contributed by atoms with Crippen molar-refractivity contribution in [2.24, 2.45) is 0 Å². The largest absolute Gasteiger partial charge is 0.497 e. The van der Waals surface area contributed by atoms with Crippen LogP contribution in [0.5, 0.6) is 11.5 Å². The first-order chi connectivity index (χ1) is 14.1. The van der Waals surface area contributed by atoms with Crippen molar-refractivity contribution >= 4 is 17.7 Å². The first-order valence-electron chi connectivity index (χ1n) is 9.29. The van der Waals surface area contributed by atoms with Gasteiger partial charge < -0.3 is 19.1 Å². The van der Waals surface area contributed by atoms with Crippen LogP contribution in [0, 0.1) is 0 Å². The van der Waals surface area contributed by atoms with Gasteiger partial charge >= 0.3 is 5.97 Å². The SMILES string of the molecule is CCn1c(SCCCOc2ccccc2C(=O)O)nnc1-c1ccc(OC)cc1. The summed E-state index contributed by atoms with van der Waals surface area (Å²) in [7, 11) is 1.64. The number of aromatic nitrogens is 3. The molecule has 0 saturated heterocycles. The minimum Gasteiger partial charge on any atom is -0.497 e. The Balaban J connectivity index is 1.56. The molecule has 0 aliphatic rings. The number of hydrogen-bond acceptors (Lipinski definition) is 6. The number of ether oxygens (including phenoxy) is 2. The van der Waals surface area contributed by atoms with Gasteiger partial charge in [-0.1, -0.05) is 23.9 Å². The first kappa shape index (κ1) is 20.7. The number of benzene rings is 2. The minimum absolute atomic E-state index is 0.176. The van der Waals surface area contributed by atoms with Gasteiger partial charge in [0.1, 0.15) is 17.1 Å². The number of hydrogen-bond donors (Lipinski definition) is 1. The maximum atomic E-state index is 11.2. The molecule has 0 fully saturated rings. The number of thioether (sulfide) groups is 1. The van der Waals surface area contributed by atoms with E-state index in [0.29, 0.717) is 12.4 Å². The monoisotopic (exact) mass is 413 g/mol. The second-order valence-corrected chi connectivity index (χ2v) is 7.19. The van der Waals surface area contributed by atoms with Crippen molar-refractivity contribution < 1.29 is 19.4 Å². The van der Waals surface area contributed by atoms with Crippen LogP contribution in [0.4, 0.5) is 0 Å². The molecule has 0 saturated carbocycles. The molecule has 8 heteroatoms. The van der Waals surface area contributed by atoms with E-state index in [0.717, 1.165) is 41.0 Å². The number of rotatable bonds is 10. The van der Waals surface area contributed by atoms with Crippen molar-refractivity contribution in [1.82, 2.24) is 14.8 Å². The number of carboxylic acid groups (broad SMARTS) is 1. The van der Waals surface area contributed by atoms with Crippen LogP contribution in [0.15, 0.2) is 53.7 Å². The van der Waals surface area contributed by atoms with Crippen molar-refractivity contribution in [2.45, 2.75) is 25.0 Å². The maximum Gasteiger partial charge on any atom is 0.339 e. The molecule has 1 aromatic heterocycles. The molecule has 3 rings (SSSR count). The molecule has 2 aromatic carbocycles. The number of aromatic carboxylic acids is 1. The van der Waals surface area contributed by atoms with E-state index in [4.69, 9.17) is 9.47 Å². The number of methoxy groups -OCH3 is 1. The molecule has 0 bridgehead atoms. The standard InChI is InChI=1S/C21H23N3O4S/c1-3-24-19(15-9-11-16(27-2)12-10-15)22-23-21(24)29-14-6-13-28-18-8-5-4-7-17(18)20(25)26/h4-5,7-12H,3,6,13-14H2,1-2H3,(H,25,26). The highest BCUT2D eigenvalue weighted by Crippen LogP contribution is 2.26. The van der Waals surface area contributed by atoms with Crippen molar-refractivity contribution in [3.63, 3.8) is 0 Å². The summed E-state index contributed by atoms with van der Waals surface area (Å²) in [6.07, 6.45) is 0.757. The third-order valence-corrected chi connectivity index (χ3v) is 5.33. The molecule has 152 valence electrons. The number of carbonyl (C=O) groups is 1. The van der Waals surface area contributed by atoms with Crippen LogP contribution in [0.2, 0.25) is 0 Å². The van der Waals surface area contributed by atoms with Crippen molar-refractivity contribution in [2.75, 3.05) is 19.5 Å². The van der Waals surface area contributed by atoms with Crippen LogP contribution >= 0.6 is 11.8 Å². The van der Waals surface area contributed by atoms with Gasteiger partial charge in [0.05, 0.1) is 13.7 Å². The lowest BCUT2D eigenvalue weighted by atomic mass is 10.2. The van der Waals surface area contributed by atoms with E-state index in [1.807, 2.05) is 24.3 Å². The Bertz CT molecular complexity index is 957. The highest BCUT2D eigenvalue weighted by Gasteiger charge is 2.13. The first-order valence-corrected chi connectivity index (χ1v) is 10.3. The quantitative estimate of drug-likeness (QED) is 0.393. The van der Waals surface area contributed by atoms with Crippen molar-refractivity contribution in [3.05, 3.63) is 54.1 Å². The van der Waals surface area contributed by atoms with Crippen molar-refractivity contribution in [1.29, 1.82) is 0 Å². The number of carboxylic acids is 1. The summed E-state index contributed by atoms with van der Waals surface area (Å²) in [6, 6.07) is 14.4. The molecule has 7 nitrogen and oxygen atoms in total. The van der Waals surface area contributed by atoms with Gasteiger partial charge in [0, 0.05) is 17.9 Å². The second kappa shape index (κ2) is 9.97. The second-order valence-electron chi connectivity index (χ2n) is 6.13. The van der Waals surface area contributed by atoms with Crippen LogP contribution in [0.3, 0.4) is 0 Å².